The molecule has 1 amide bonds. The molecule has 1 saturated heterocycles. The molecule has 7 nitrogen and oxygen atoms in total. The van der Waals surface area contributed by atoms with Crippen molar-refractivity contribution < 1.29 is 9.90 Å². The van der Waals surface area contributed by atoms with Crippen LogP contribution in [0.2, 0.25) is 0 Å². The number of anilines is 1. The Hall–Kier alpha value is -1.71. The minimum atomic E-state index is -0.256. The Morgan fingerprint density at radius 2 is 1.81 bits per heavy atom. The Kier molecular flexibility index (Phi) is 9.14. The predicted molar refractivity (Wildman–Crippen MR) is 121 cm³/mol. The molecule has 1 aromatic carbocycles. The molecule has 1 heterocycles. The fourth-order valence-corrected chi connectivity index (χ4v) is 2.92. The van der Waals surface area contributed by atoms with Gasteiger partial charge in [-0.15, -0.1) is 24.0 Å². The minimum absolute atomic E-state index is 0. The number of aliphatic imine (C=N–C) groups is 1. The van der Waals surface area contributed by atoms with E-state index in [9.17, 15) is 9.90 Å². The maximum absolute atomic E-state index is 12.0. The molecule has 0 saturated carbocycles. The van der Waals surface area contributed by atoms with Gasteiger partial charge in [0.05, 0.1) is 5.69 Å². The molecular formula is C19H32IN5O2. The number of aromatic hydroxyl groups is 1. The summed E-state index contributed by atoms with van der Waals surface area (Å²) in [6.07, 6.45) is 0. The molecule has 0 unspecified atom stereocenters. The molecule has 0 atom stereocenters. The largest absolute Gasteiger partial charge is 0.506 e. The van der Waals surface area contributed by atoms with Gasteiger partial charge in [0.2, 0.25) is 5.91 Å². The second-order valence-electron chi connectivity index (χ2n) is 7.43. The number of phenolic OH excluding ortho intramolecular Hbond substituents is 1. The maximum atomic E-state index is 12.0. The molecule has 0 bridgehead atoms. The van der Waals surface area contributed by atoms with Crippen LogP contribution in [0.1, 0.15) is 27.7 Å². The van der Waals surface area contributed by atoms with Crippen LogP contribution in [0.15, 0.2) is 29.3 Å². The Balaban J connectivity index is 0.00000364. The SMILES string of the molecule is CCNC(=NCC(=O)NC(C)(C)C)N1CCN(c2ccccc2O)CC1.I. The summed E-state index contributed by atoms with van der Waals surface area (Å²) in [5.74, 6) is 0.981. The van der Waals surface area contributed by atoms with Crippen LogP contribution < -0.4 is 15.5 Å². The summed E-state index contributed by atoms with van der Waals surface area (Å²) in [6, 6.07) is 7.40. The molecule has 1 aromatic rings. The third-order valence-electron chi connectivity index (χ3n) is 4.02. The highest BCUT2D eigenvalue weighted by atomic mass is 127. The van der Waals surface area contributed by atoms with Gasteiger partial charge < -0.3 is 25.5 Å². The quantitative estimate of drug-likeness (QED) is 0.343. The van der Waals surface area contributed by atoms with Crippen molar-refractivity contribution in [3.63, 3.8) is 0 Å². The lowest BCUT2D eigenvalue weighted by molar-refractivity contribution is -0.121. The third kappa shape index (κ3) is 7.43. The number of benzene rings is 1. The summed E-state index contributed by atoms with van der Waals surface area (Å²) in [5, 5.41) is 16.2. The van der Waals surface area contributed by atoms with Gasteiger partial charge in [0.25, 0.3) is 0 Å². The lowest BCUT2D eigenvalue weighted by atomic mass is 10.1. The zero-order valence-electron chi connectivity index (χ0n) is 16.7. The summed E-state index contributed by atoms with van der Waals surface area (Å²) in [6.45, 7) is 11.9. The topological polar surface area (TPSA) is 80.2 Å². The standard InChI is InChI=1S/C19H31N5O2.HI/c1-5-20-18(21-14-17(26)22-19(2,3)4)24-12-10-23(11-13-24)15-8-6-7-9-16(15)25;/h6-9,25H,5,10-14H2,1-4H3,(H,20,21)(H,22,26);1H. The van der Waals surface area contributed by atoms with Crippen molar-refractivity contribution in [3.05, 3.63) is 24.3 Å². The normalized spacial score (nSPS) is 15.2. The number of nitrogens with zero attached hydrogens (tertiary/aromatic N) is 3. The number of piperazine rings is 1. The number of hydrogen-bond donors (Lipinski definition) is 3. The van der Waals surface area contributed by atoms with Crippen LogP contribution in [0.4, 0.5) is 5.69 Å². The van der Waals surface area contributed by atoms with Gasteiger partial charge >= 0.3 is 0 Å². The van der Waals surface area contributed by atoms with Crippen LogP contribution in [0.5, 0.6) is 5.75 Å². The summed E-state index contributed by atoms with van der Waals surface area (Å²) in [4.78, 5) is 20.8. The molecule has 0 aliphatic carbocycles. The van der Waals surface area contributed by atoms with Gasteiger partial charge in [0.15, 0.2) is 5.96 Å². The van der Waals surface area contributed by atoms with Gasteiger partial charge in [-0.25, -0.2) is 4.99 Å². The van der Waals surface area contributed by atoms with E-state index in [2.05, 4.69) is 25.4 Å². The number of guanidine groups is 1. The van der Waals surface area contributed by atoms with Gasteiger partial charge in [-0.1, -0.05) is 12.1 Å². The van der Waals surface area contributed by atoms with E-state index in [1.165, 1.54) is 0 Å². The number of halogens is 1. The molecule has 1 fully saturated rings. The monoisotopic (exact) mass is 489 g/mol. The Morgan fingerprint density at radius 1 is 1.19 bits per heavy atom. The molecule has 0 spiro atoms. The average molecular weight is 489 g/mol. The molecule has 0 aromatic heterocycles. The molecule has 1 aliphatic heterocycles. The van der Waals surface area contributed by atoms with E-state index in [1.54, 1.807) is 6.07 Å². The Bertz CT molecular complexity index is 637. The zero-order valence-corrected chi connectivity index (χ0v) is 19.0. The second-order valence-corrected chi connectivity index (χ2v) is 7.43. The van der Waals surface area contributed by atoms with Crippen molar-refractivity contribution in [2.75, 3.05) is 44.2 Å². The van der Waals surface area contributed by atoms with Crippen molar-refractivity contribution >= 4 is 41.5 Å². The highest BCUT2D eigenvalue weighted by Gasteiger charge is 2.21. The number of rotatable bonds is 4. The number of amides is 1. The van der Waals surface area contributed by atoms with Gasteiger partial charge in [-0.3, -0.25) is 4.79 Å². The van der Waals surface area contributed by atoms with Gasteiger partial charge in [0.1, 0.15) is 12.3 Å². The molecule has 8 heteroatoms. The highest BCUT2D eigenvalue weighted by molar-refractivity contribution is 14.0. The van der Waals surface area contributed by atoms with Crippen LogP contribution in [-0.4, -0.2) is 66.7 Å². The number of nitrogens with one attached hydrogen (secondary N) is 2. The lowest BCUT2D eigenvalue weighted by Gasteiger charge is -2.37. The van der Waals surface area contributed by atoms with E-state index in [4.69, 9.17) is 0 Å². The summed E-state index contributed by atoms with van der Waals surface area (Å²) in [5.41, 5.74) is 0.604. The second kappa shape index (κ2) is 10.6. The predicted octanol–water partition coefficient (Wildman–Crippen LogP) is 2.01. The first-order valence-electron chi connectivity index (χ1n) is 9.17. The summed E-state index contributed by atoms with van der Waals surface area (Å²) in [7, 11) is 0. The molecule has 1 aliphatic rings. The molecular weight excluding hydrogens is 457 g/mol. The fraction of sp³-hybridized carbons (Fsp3) is 0.579. The number of carbonyl (C=O) groups excluding carboxylic acids is 1. The molecule has 27 heavy (non-hydrogen) atoms. The first kappa shape index (κ1) is 23.3. The van der Waals surface area contributed by atoms with Crippen LogP contribution in [0.25, 0.3) is 0 Å². The first-order valence-corrected chi connectivity index (χ1v) is 9.17. The van der Waals surface area contributed by atoms with Crippen molar-refractivity contribution in [1.82, 2.24) is 15.5 Å². The van der Waals surface area contributed by atoms with Gasteiger partial charge in [0, 0.05) is 38.3 Å². The Morgan fingerprint density at radius 3 is 2.37 bits per heavy atom. The lowest BCUT2D eigenvalue weighted by Crippen LogP contribution is -2.53. The van der Waals surface area contributed by atoms with E-state index in [0.717, 1.165) is 44.4 Å². The highest BCUT2D eigenvalue weighted by Crippen LogP contribution is 2.27. The first-order chi connectivity index (χ1) is 12.3. The maximum Gasteiger partial charge on any atom is 0.242 e. The number of carbonyl (C=O) groups is 1. The van der Waals surface area contributed by atoms with E-state index >= 15 is 0 Å². The molecule has 3 N–H and O–H groups in total. The number of phenols is 1. The van der Waals surface area contributed by atoms with Crippen LogP contribution >= 0.6 is 24.0 Å². The summed E-state index contributed by atoms with van der Waals surface area (Å²) >= 11 is 0. The van der Waals surface area contributed by atoms with Crippen LogP contribution in [0, 0.1) is 0 Å². The minimum Gasteiger partial charge on any atom is -0.506 e. The van der Waals surface area contributed by atoms with Gasteiger partial charge in [-0.05, 0) is 39.8 Å². The van der Waals surface area contributed by atoms with E-state index in [1.807, 2.05) is 45.9 Å². The average Bonchev–Trinajstić information content (AvgIpc) is 2.58. The van der Waals surface area contributed by atoms with Crippen molar-refractivity contribution in [2.45, 2.75) is 33.2 Å². The number of hydrogen-bond acceptors (Lipinski definition) is 4. The third-order valence-corrected chi connectivity index (χ3v) is 4.02. The fourth-order valence-electron chi connectivity index (χ4n) is 2.92. The van der Waals surface area contributed by atoms with Crippen molar-refractivity contribution in [3.8, 4) is 5.75 Å². The summed E-state index contributed by atoms with van der Waals surface area (Å²) < 4.78 is 0. The van der Waals surface area contributed by atoms with Crippen molar-refractivity contribution in [1.29, 1.82) is 0 Å². The number of para-hydroxylation sites is 2. The van der Waals surface area contributed by atoms with E-state index in [0.29, 0.717) is 5.75 Å². The molecule has 2 rings (SSSR count). The molecule has 152 valence electrons. The van der Waals surface area contributed by atoms with Crippen molar-refractivity contribution in [2.24, 2.45) is 4.99 Å². The van der Waals surface area contributed by atoms with Gasteiger partial charge in [-0.2, -0.15) is 0 Å². The molecule has 0 radical (unpaired) electrons. The van der Waals surface area contributed by atoms with Crippen LogP contribution in [-0.2, 0) is 4.79 Å². The Labute approximate surface area is 179 Å². The smallest absolute Gasteiger partial charge is 0.242 e. The van der Waals surface area contributed by atoms with Crippen LogP contribution in [0.3, 0.4) is 0 Å². The van der Waals surface area contributed by atoms with E-state index < -0.39 is 0 Å². The zero-order chi connectivity index (χ0) is 19.2. The van der Waals surface area contributed by atoms with E-state index in [-0.39, 0.29) is 42.0 Å².